The Balaban J connectivity index is 0.00000220. The van der Waals surface area contributed by atoms with Gasteiger partial charge in [0.05, 0.1) is 6.54 Å². The molecule has 0 aromatic carbocycles. The molecule has 116 valence electrons. The van der Waals surface area contributed by atoms with Crippen molar-refractivity contribution in [2.45, 2.75) is 13.0 Å². The standard InChI is InChI=1S/C13H19N5O2.ClH/c1-14-7-10-16(2)12(19)6-9-18-13(20)17-8-4-3-5-11(17)15-18;/h3-5,8,14H,6-7,9-10H2,1-2H3;1H. The monoisotopic (exact) mass is 313 g/mol. The van der Waals surface area contributed by atoms with Gasteiger partial charge in [-0.2, -0.15) is 0 Å². The van der Waals surface area contributed by atoms with Crippen molar-refractivity contribution in [3.8, 4) is 0 Å². The van der Waals surface area contributed by atoms with Gasteiger partial charge in [-0.25, -0.2) is 9.48 Å². The quantitative estimate of drug-likeness (QED) is 0.814. The smallest absolute Gasteiger partial charge is 0.344 e. The third kappa shape index (κ3) is 4.05. The highest BCUT2D eigenvalue weighted by Crippen LogP contribution is 1.97. The number of likely N-dealkylation sites (N-methyl/N-ethyl adjacent to an activating group) is 2. The number of aryl methyl sites for hydroxylation is 1. The first kappa shape index (κ1) is 17.2. The average molecular weight is 314 g/mol. The van der Waals surface area contributed by atoms with E-state index in [1.807, 2.05) is 13.1 Å². The lowest BCUT2D eigenvalue weighted by Crippen LogP contribution is -2.34. The molecule has 21 heavy (non-hydrogen) atoms. The zero-order valence-corrected chi connectivity index (χ0v) is 13.0. The molecular weight excluding hydrogens is 294 g/mol. The number of amides is 1. The number of halogens is 1. The zero-order chi connectivity index (χ0) is 14.5. The number of carbonyl (C=O) groups excluding carboxylic acids is 1. The minimum Gasteiger partial charge on any atom is -0.344 e. The number of hydrogen-bond acceptors (Lipinski definition) is 4. The van der Waals surface area contributed by atoms with Crippen molar-refractivity contribution in [2.75, 3.05) is 27.2 Å². The molecule has 0 aliphatic heterocycles. The number of pyridine rings is 1. The van der Waals surface area contributed by atoms with Gasteiger partial charge in [-0.15, -0.1) is 17.5 Å². The minimum atomic E-state index is -0.216. The molecular formula is C13H20ClN5O2. The van der Waals surface area contributed by atoms with Gasteiger partial charge in [0.25, 0.3) is 0 Å². The number of nitrogens with zero attached hydrogens (tertiary/aromatic N) is 4. The molecule has 1 amide bonds. The van der Waals surface area contributed by atoms with E-state index in [0.717, 1.165) is 6.54 Å². The molecule has 0 radical (unpaired) electrons. The second-order valence-electron chi connectivity index (χ2n) is 4.60. The first-order chi connectivity index (χ1) is 9.63. The fraction of sp³-hybridized carbons (Fsp3) is 0.462. The number of rotatable bonds is 6. The highest BCUT2D eigenvalue weighted by Gasteiger charge is 2.11. The summed E-state index contributed by atoms with van der Waals surface area (Å²) >= 11 is 0. The molecule has 0 bridgehead atoms. The molecule has 1 N–H and O–H groups in total. The van der Waals surface area contributed by atoms with Crippen molar-refractivity contribution in [3.63, 3.8) is 0 Å². The van der Waals surface area contributed by atoms with E-state index < -0.39 is 0 Å². The second-order valence-corrected chi connectivity index (χ2v) is 4.60. The van der Waals surface area contributed by atoms with Crippen molar-refractivity contribution < 1.29 is 4.79 Å². The van der Waals surface area contributed by atoms with Crippen LogP contribution in [0.2, 0.25) is 0 Å². The van der Waals surface area contributed by atoms with E-state index in [4.69, 9.17) is 0 Å². The minimum absolute atomic E-state index is 0. The van der Waals surface area contributed by atoms with Crippen LogP contribution in [-0.2, 0) is 11.3 Å². The third-order valence-corrected chi connectivity index (χ3v) is 3.15. The number of hydrogen-bond donors (Lipinski definition) is 1. The Kier molecular flexibility index (Phi) is 6.39. The van der Waals surface area contributed by atoms with Gasteiger partial charge in [0.2, 0.25) is 5.91 Å². The van der Waals surface area contributed by atoms with Crippen molar-refractivity contribution in [1.82, 2.24) is 24.4 Å². The van der Waals surface area contributed by atoms with E-state index in [2.05, 4.69) is 10.4 Å². The van der Waals surface area contributed by atoms with Crippen LogP contribution in [0.3, 0.4) is 0 Å². The van der Waals surface area contributed by atoms with Gasteiger partial charge in [0.15, 0.2) is 5.65 Å². The topological polar surface area (TPSA) is 71.6 Å². The summed E-state index contributed by atoms with van der Waals surface area (Å²) in [7, 11) is 3.60. The van der Waals surface area contributed by atoms with Crippen LogP contribution < -0.4 is 11.0 Å². The van der Waals surface area contributed by atoms with Crippen LogP contribution in [0.15, 0.2) is 29.2 Å². The van der Waals surface area contributed by atoms with Crippen LogP contribution >= 0.6 is 12.4 Å². The van der Waals surface area contributed by atoms with Gasteiger partial charge in [-0.3, -0.25) is 9.20 Å². The summed E-state index contributed by atoms with van der Waals surface area (Å²) in [6.07, 6.45) is 1.94. The molecule has 0 atom stereocenters. The Morgan fingerprint density at radius 3 is 2.86 bits per heavy atom. The lowest BCUT2D eigenvalue weighted by atomic mass is 10.3. The van der Waals surface area contributed by atoms with E-state index in [0.29, 0.717) is 18.7 Å². The van der Waals surface area contributed by atoms with Crippen LogP contribution in [0, 0.1) is 0 Å². The van der Waals surface area contributed by atoms with E-state index in [9.17, 15) is 9.59 Å². The highest BCUT2D eigenvalue weighted by molar-refractivity contribution is 5.85. The largest absolute Gasteiger partial charge is 0.350 e. The predicted molar refractivity (Wildman–Crippen MR) is 82.9 cm³/mol. The van der Waals surface area contributed by atoms with Gasteiger partial charge in [-0.05, 0) is 19.2 Å². The zero-order valence-electron chi connectivity index (χ0n) is 12.2. The first-order valence-electron chi connectivity index (χ1n) is 6.56. The predicted octanol–water partition coefficient (Wildman–Crippen LogP) is -0.0143. The fourth-order valence-corrected chi connectivity index (χ4v) is 1.91. The molecule has 0 aliphatic carbocycles. The molecule has 0 saturated heterocycles. The van der Waals surface area contributed by atoms with E-state index >= 15 is 0 Å². The number of fused-ring (bicyclic) bond motifs is 1. The summed E-state index contributed by atoms with van der Waals surface area (Å²) in [5, 5.41) is 7.18. The summed E-state index contributed by atoms with van der Waals surface area (Å²) in [6.45, 7) is 1.69. The molecule has 2 heterocycles. The fourth-order valence-electron chi connectivity index (χ4n) is 1.91. The highest BCUT2D eigenvalue weighted by atomic mass is 35.5. The Labute approximate surface area is 129 Å². The summed E-state index contributed by atoms with van der Waals surface area (Å²) < 4.78 is 2.80. The molecule has 2 aromatic heterocycles. The Bertz CT molecular complexity index is 651. The molecule has 0 aliphatic rings. The van der Waals surface area contributed by atoms with Gasteiger partial charge in [0, 0.05) is 32.8 Å². The lowest BCUT2D eigenvalue weighted by Gasteiger charge is -2.16. The molecule has 7 nitrogen and oxygen atoms in total. The van der Waals surface area contributed by atoms with Crippen LogP contribution in [0.25, 0.3) is 5.65 Å². The molecule has 0 spiro atoms. The molecule has 2 aromatic rings. The summed E-state index contributed by atoms with van der Waals surface area (Å²) in [4.78, 5) is 25.6. The maximum Gasteiger partial charge on any atom is 0.350 e. The number of carbonyl (C=O) groups is 1. The van der Waals surface area contributed by atoms with Gasteiger partial charge >= 0.3 is 5.69 Å². The lowest BCUT2D eigenvalue weighted by molar-refractivity contribution is -0.130. The number of nitrogens with one attached hydrogen (secondary N) is 1. The van der Waals surface area contributed by atoms with E-state index in [1.54, 1.807) is 30.3 Å². The Morgan fingerprint density at radius 1 is 1.43 bits per heavy atom. The van der Waals surface area contributed by atoms with Crippen molar-refractivity contribution in [2.24, 2.45) is 0 Å². The molecule has 0 unspecified atom stereocenters. The van der Waals surface area contributed by atoms with E-state index in [-0.39, 0.29) is 30.4 Å². The normalized spacial score (nSPS) is 10.4. The second kappa shape index (κ2) is 7.80. The van der Waals surface area contributed by atoms with E-state index in [1.165, 1.54) is 9.08 Å². The summed E-state index contributed by atoms with van der Waals surface area (Å²) in [5.41, 5.74) is 0.375. The maximum absolute atomic E-state index is 12.0. The summed E-state index contributed by atoms with van der Waals surface area (Å²) in [6, 6.07) is 5.36. The Hall–Kier alpha value is -1.86. The SMILES string of the molecule is CNCCN(C)C(=O)CCn1nc2ccccn2c1=O.Cl. The van der Waals surface area contributed by atoms with Gasteiger partial charge in [0.1, 0.15) is 0 Å². The van der Waals surface area contributed by atoms with Crippen LogP contribution in [0.5, 0.6) is 0 Å². The van der Waals surface area contributed by atoms with Gasteiger partial charge in [-0.1, -0.05) is 6.07 Å². The molecule has 8 heteroatoms. The van der Waals surface area contributed by atoms with Crippen LogP contribution in [-0.4, -0.2) is 52.2 Å². The number of aromatic nitrogens is 3. The molecule has 0 fully saturated rings. The van der Waals surface area contributed by atoms with Crippen molar-refractivity contribution in [1.29, 1.82) is 0 Å². The molecule has 0 saturated carbocycles. The maximum atomic E-state index is 12.0. The van der Waals surface area contributed by atoms with Crippen LogP contribution in [0.1, 0.15) is 6.42 Å². The summed E-state index contributed by atoms with van der Waals surface area (Å²) in [5.74, 6) is 0.00389. The average Bonchev–Trinajstić information content (AvgIpc) is 2.79. The third-order valence-electron chi connectivity index (χ3n) is 3.15. The van der Waals surface area contributed by atoms with Crippen LogP contribution in [0.4, 0.5) is 0 Å². The van der Waals surface area contributed by atoms with Crippen molar-refractivity contribution >= 4 is 24.0 Å². The van der Waals surface area contributed by atoms with Gasteiger partial charge < -0.3 is 10.2 Å². The van der Waals surface area contributed by atoms with Crippen molar-refractivity contribution in [3.05, 3.63) is 34.9 Å². The Morgan fingerprint density at radius 2 is 2.19 bits per heavy atom. The molecule has 2 rings (SSSR count). The first-order valence-corrected chi connectivity index (χ1v) is 6.56.